The number of hydrogen-bond acceptors (Lipinski definition) is 2. The van der Waals surface area contributed by atoms with Crippen LogP contribution in [0.1, 0.15) is 12.5 Å². The second-order valence-electron chi connectivity index (χ2n) is 2.68. The lowest BCUT2D eigenvalue weighted by Gasteiger charge is -2.09. The highest BCUT2D eigenvalue weighted by atomic mass is 35.5. The first-order valence-corrected chi connectivity index (χ1v) is 4.37. The second kappa shape index (κ2) is 4.56. The summed E-state index contributed by atoms with van der Waals surface area (Å²) in [5, 5.41) is 9.29. The van der Waals surface area contributed by atoms with Crippen LogP contribution in [0.5, 0.6) is 5.75 Å². The molecule has 1 rings (SSSR count). The van der Waals surface area contributed by atoms with Crippen molar-refractivity contribution in [3.63, 3.8) is 0 Å². The van der Waals surface area contributed by atoms with Gasteiger partial charge in [0, 0.05) is 5.02 Å². The number of hydrogen-bond donors (Lipinski definition) is 0. The summed E-state index contributed by atoms with van der Waals surface area (Å²) >= 11 is 5.72. The van der Waals surface area contributed by atoms with Crippen LogP contribution in [0.3, 0.4) is 0 Å². The minimum absolute atomic E-state index is 0.358. The molecule has 1 unspecified atom stereocenters. The van der Waals surface area contributed by atoms with E-state index in [0.717, 1.165) is 0 Å². The van der Waals surface area contributed by atoms with Crippen molar-refractivity contribution in [1.29, 1.82) is 5.26 Å². The van der Waals surface area contributed by atoms with Crippen LogP contribution in [-0.4, -0.2) is 6.10 Å². The van der Waals surface area contributed by atoms with E-state index in [-0.39, 0.29) is 6.10 Å². The summed E-state index contributed by atoms with van der Waals surface area (Å²) in [4.78, 5) is 0. The number of terminal acetylenes is 1. The first-order valence-electron chi connectivity index (χ1n) is 4.00. The molecule has 0 saturated carbocycles. The van der Waals surface area contributed by atoms with Gasteiger partial charge in [0.15, 0.2) is 6.10 Å². The van der Waals surface area contributed by atoms with Crippen LogP contribution in [0.15, 0.2) is 18.2 Å². The van der Waals surface area contributed by atoms with E-state index in [9.17, 15) is 0 Å². The standard InChI is InChI=1S/C11H8ClNO/c1-3-8(2)14-11-5-4-10(12)6-9(11)7-13/h1,4-6,8H,2H3. The summed E-state index contributed by atoms with van der Waals surface area (Å²) in [6.07, 6.45) is 4.80. The highest BCUT2D eigenvalue weighted by Crippen LogP contribution is 2.22. The van der Waals surface area contributed by atoms with Crippen LogP contribution in [0.25, 0.3) is 0 Å². The molecule has 0 aliphatic rings. The fourth-order valence-corrected chi connectivity index (χ4v) is 1.09. The van der Waals surface area contributed by atoms with Gasteiger partial charge in [0.25, 0.3) is 0 Å². The summed E-state index contributed by atoms with van der Waals surface area (Å²) in [5.74, 6) is 2.88. The van der Waals surface area contributed by atoms with Gasteiger partial charge in [-0.1, -0.05) is 17.5 Å². The maximum atomic E-state index is 8.79. The third kappa shape index (κ3) is 2.42. The van der Waals surface area contributed by atoms with E-state index in [1.807, 2.05) is 6.07 Å². The molecule has 0 aliphatic heterocycles. The van der Waals surface area contributed by atoms with Crippen molar-refractivity contribution in [3.8, 4) is 24.2 Å². The van der Waals surface area contributed by atoms with Gasteiger partial charge in [0.1, 0.15) is 11.8 Å². The van der Waals surface area contributed by atoms with E-state index in [4.69, 9.17) is 28.0 Å². The fourth-order valence-electron chi connectivity index (χ4n) is 0.917. The first-order chi connectivity index (χ1) is 6.67. The Balaban J connectivity index is 2.99. The van der Waals surface area contributed by atoms with Gasteiger partial charge in [-0.25, -0.2) is 0 Å². The van der Waals surface area contributed by atoms with E-state index in [1.165, 1.54) is 0 Å². The number of benzene rings is 1. The van der Waals surface area contributed by atoms with Crippen molar-refractivity contribution in [1.82, 2.24) is 0 Å². The zero-order chi connectivity index (χ0) is 10.6. The zero-order valence-corrected chi connectivity index (χ0v) is 8.38. The van der Waals surface area contributed by atoms with Crippen LogP contribution in [0, 0.1) is 23.7 Å². The molecule has 1 aromatic carbocycles. The number of ether oxygens (including phenoxy) is 1. The number of rotatable bonds is 2. The summed E-state index contributed by atoms with van der Waals surface area (Å²) in [6, 6.07) is 6.82. The maximum Gasteiger partial charge on any atom is 0.156 e. The molecule has 0 bridgehead atoms. The summed E-state index contributed by atoms with van der Waals surface area (Å²) in [6.45, 7) is 1.73. The van der Waals surface area contributed by atoms with Gasteiger partial charge in [-0.2, -0.15) is 5.26 Å². The molecule has 0 radical (unpaired) electrons. The molecule has 0 fully saturated rings. The molecule has 0 aliphatic carbocycles. The lowest BCUT2D eigenvalue weighted by molar-refractivity contribution is 0.278. The predicted octanol–water partition coefficient (Wildman–Crippen LogP) is 2.61. The van der Waals surface area contributed by atoms with E-state index in [2.05, 4.69) is 5.92 Å². The number of nitrogens with zero attached hydrogens (tertiary/aromatic N) is 1. The lowest BCUT2D eigenvalue weighted by Crippen LogP contribution is -2.09. The fraction of sp³-hybridized carbons (Fsp3) is 0.182. The first kappa shape index (κ1) is 10.4. The van der Waals surface area contributed by atoms with E-state index in [0.29, 0.717) is 16.3 Å². The Morgan fingerprint density at radius 3 is 2.86 bits per heavy atom. The van der Waals surface area contributed by atoms with Gasteiger partial charge in [0.2, 0.25) is 0 Å². The molecular weight excluding hydrogens is 198 g/mol. The summed E-state index contributed by atoms with van der Waals surface area (Å²) in [5.41, 5.74) is 0.389. The molecule has 14 heavy (non-hydrogen) atoms. The van der Waals surface area contributed by atoms with Gasteiger partial charge < -0.3 is 4.74 Å². The Labute approximate surface area is 88.1 Å². The predicted molar refractivity (Wildman–Crippen MR) is 55.1 cm³/mol. The molecule has 0 saturated heterocycles. The normalized spacial score (nSPS) is 11.1. The van der Waals surface area contributed by atoms with Crippen LogP contribution in [0.2, 0.25) is 5.02 Å². The van der Waals surface area contributed by atoms with Crippen molar-refractivity contribution in [2.45, 2.75) is 13.0 Å². The lowest BCUT2D eigenvalue weighted by atomic mass is 10.2. The van der Waals surface area contributed by atoms with Gasteiger partial charge in [-0.15, -0.1) is 6.42 Å². The SMILES string of the molecule is C#CC(C)Oc1ccc(Cl)cc1C#N. The molecule has 70 valence electrons. The van der Waals surface area contributed by atoms with Crippen LogP contribution in [-0.2, 0) is 0 Å². The van der Waals surface area contributed by atoms with Gasteiger partial charge in [-0.3, -0.25) is 0 Å². The van der Waals surface area contributed by atoms with Crippen molar-refractivity contribution >= 4 is 11.6 Å². The zero-order valence-electron chi connectivity index (χ0n) is 7.62. The minimum Gasteiger partial charge on any atom is -0.477 e. The second-order valence-corrected chi connectivity index (χ2v) is 3.12. The molecule has 1 atom stereocenters. The van der Waals surface area contributed by atoms with Crippen molar-refractivity contribution in [2.75, 3.05) is 0 Å². The average molecular weight is 206 g/mol. The topological polar surface area (TPSA) is 33.0 Å². The summed E-state index contributed by atoms with van der Waals surface area (Å²) in [7, 11) is 0. The molecule has 0 N–H and O–H groups in total. The van der Waals surface area contributed by atoms with Crippen molar-refractivity contribution in [2.24, 2.45) is 0 Å². The third-order valence-electron chi connectivity index (χ3n) is 1.60. The molecule has 0 heterocycles. The Morgan fingerprint density at radius 1 is 1.57 bits per heavy atom. The molecule has 0 amide bonds. The molecule has 3 heteroatoms. The van der Waals surface area contributed by atoms with E-state index in [1.54, 1.807) is 25.1 Å². The average Bonchev–Trinajstić information content (AvgIpc) is 2.20. The third-order valence-corrected chi connectivity index (χ3v) is 1.84. The summed E-state index contributed by atoms with van der Waals surface area (Å²) < 4.78 is 5.32. The molecule has 1 aromatic rings. The molecular formula is C11H8ClNO. The van der Waals surface area contributed by atoms with Crippen LogP contribution >= 0.6 is 11.6 Å². The van der Waals surface area contributed by atoms with E-state index >= 15 is 0 Å². The van der Waals surface area contributed by atoms with Gasteiger partial charge in [0.05, 0.1) is 5.56 Å². The van der Waals surface area contributed by atoms with Crippen LogP contribution in [0.4, 0.5) is 0 Å². The highest BCUT2D eigenvalue weighted by Gasteiger charge is 2.06. The Kier molecular flexibility index (Phi) is 3.40. The molecule has 0 aromatic heterocycles. The number of nitriles is 1. The highest BCUT2D eigenvalue weighted by molar-refractivity contribution is 6.30. The smallest absolute Gasteiger partial charge is 0.156 e. The Hall–Kier alpha value is -1.64. The van der Waals surface area contributed by atoms with Crippen molar-refractivity contribution < 1.29 is 4.74 Å². The Morgan fingerprint density at radius 2 is 2.29 bits per heavy atom. The van der Waals surface area contributed by atoms with E-state index < -0.39 is 0 Å². The van der Waals surface area contributed by atoms with Crippen LogP contribution < -0.4 is 4.74 Å². The van der Waals surface area contributed by atoms with Gasteiger partial charge >= 0.3 is 0 Å². The minimum atomic E-state index is -0.358. The monoisotopic (exact) mass is 205 g/mol. The van der Waals surface area contributed by atoms with Gasteiger partial charge in [-0.05, 0) is 25.1 Å². The number of halogens is 1. The molecule has 2 nitrogen and oxygen atoms in total. The Bertz CT molecular complexity index is 414. The largest absolute Gasteiger partial charge is 0.477 e. The maximum absolute atomic E-state index is 8.79. The molecule has 0 spiro atoms. The quantitative estimate of drug-likeness (QED) is 0.696. The van der Waals surface area contributed by atoms with Crippen molar-refractivity contribution in [3.05, 3.63) is 28.8 Å².